The van der Waals surface area contributed by atoms with Crippen molar-refractivity contribution in [2.24, 2.45) is 0 Å². The van der Waals surface area contributed by atoms with E-state index in [9.17, 15) is 9.59 Å². The molecule has 0 amide bonds. The van der Waals surface area contributed by atoms with Gasteiger partial charge in [0.15, 0.2) is 0 Å². The van der Waals surface area contributed by atoms with Crippen molar-refractivity contribution in [2.45, 2.75) is 39.2 Å². The quantitative estimate of drug-likeness (QED) is 0.816. The lowest BCUT2D eigenvalue weighted by molar-refractivity contribution is -0.137. The van der Waals surface area contributed by atoms with Crippen LogP contribution in [0.3, 0.4) is 0 Å². The minimum Gasteiger partial charge on any atom is -0.481 e. The standard InChI is InChI=1S/C11H16N2O3/c1-8(2)13-7-12-6-9(11(13)16)4-3-5-10(14)15/h6-8H,3-5H2,1-2H3,(H,14,15). The minimum atomic E-state index is -0.840. The number of hydrogen-bond donors (Lipinski definition) is 1. The second kappa shape index (κ2) is 5.44. The summed E-state index contributed by atoms with van der Waals surface area (Å²) in [5, 5.41) is 8.50. The first-order chi connectivity index (χ1) is 7.52. The molecule has 16 heavy (non-hydrogen) atoms. The molecule has 0 aromatic carbocycles. The first-order valence-corrected chi connectivity index (χ1v) is 5.29. The number of carboxylic acid groups (broad SMARTS) is 1. The zero-order chi connectivity index (χ0) is 12.1. The van der Waals surface area contributed by atoms with Gasteiger partial charge in [-0.1, -0.05) is 0 Å². The van der Waals surface area contributed by atoms with E-state index in [2.05, 4.69) is 4.98 Å². The van der Waals surface area contributed by atoms with E-state index in [1.54, 1.807) is 4.57 Å². The first kappa shape index (κ1) is 12.4. The SMILES string of the molecule is CC(C)n1cncc(CCCC(=O)O)c1=O. The minimum absolute atomic E-state index is 0.0689. The second-order valence-electron chi connectivity index (χ2n) is 3.97. The van der Waals surface area contributed by atoms with Gasteiger partial charge < -0.3 is 5.11 Å². The van der Waals surface area contributed by atoms with Crippen molar-refractivity contribution in [1.82, 2.24) is 9.55 Å². The van der Waals surface area contributed by atoms with E-state index in [0.29, 0.717) is 18.4 Å². The number of aryl methyl sites for hydroxylation is 1. The topological polar surface area (TPSA) is 72.2 Å². The molecule has 88 valence electrons. The molecule has 0 fully saturated rings. The van der Waals surface area contributed by atoms with Gasteiger partial charge in [-0.3, -0.25) is 14.2 Å². The maximum absolute atomic E-state index is 11.9. The highest BCUT2D eigenvalue weighted by Crippen LogP contribution is 2.02. The largest absolute Gasteiger partial charge is 0.481 e. The summed E-state index contributed by atoms with van der Waals surface area (Å²) in [6.45, 7) is 3.81. The number of aliphatic carboxylic acids is 1. The van der Waals surface area contributed by atoms with Crippen molar-refractivity contribution in [3.8, 4) is 0 Å². The van der Waals surface area contributed by atoms with Gasteiger partial charge in [0.1, 0.15) is 0 Å². The lowest BCUT2D eigenvalue weighted by atomic mass is 10.1. The van der Waals surface area contributed by atoms with Crippen molar-refractivity contribution in [3.63, 3.8) is 0 Å². The van der Waals surface area contributed by atoms with E-state index < -0.39 is 5.97 Å². The third kappa shape index (κ3) is 3.18. The van der Waals surface area contributed by atoms with Gasteiger partial charge in [-0.2, -0.15) is 0 Å². The van der Waals surface area contributed by atoms with Gasteiger partial charge in [0, 0.05) is 24.2 Å². The van der Waals surface area contributed by atoms with E-state index in [-0.39, 0.29) is 18.0 Å². The summed E-state index contributed by atoms with van der Waals surface area (Å²) in [6.07, 6.45) is 4.03. The predicted molar refractivity (Wildman–Crippen MR) is 59.5 cm³/mol. The fourth-order valence-electron chi connectivity index (χ4n) is 1.44. The van der Waals surface area contributed by atoms with E-state index in [0.717, 1.165) is 0 Å². The molecule has 0 unspecified atom stereocenters. The second-order valence-corrected chi connectivity index (χ2v) is 3.97. The van der Waals surface area contributed by atoms with Crippen LogP contribution in [0.15, 0.2) is 17.3 Å². The highest BCUT2D eigenvalue weighted by Gasteiger charge is 2.07. The highest BCUT2D eigenvalue weighted by atomic mass is 16.4. The Balaban J connectivity index is 2.78. The summed E-state index contributed by atoms with van der Waals surface area (Å²) in [6, 6.07) is 0.0689. The zero-order valence-electron chi connectivity index (χ0n) is 9.51. The fraction of sp³-hybridized carbons (Fsp3) is 0.545. The molecule has 1 rings (SSSR count). The van der Waals surface area contributed by atoms with Crippen LogP contribution in [0.1, 0.15) is 38.3 Å². The Kier molecular flexibility index (Phi) is 4.22. The van der Waals surface area contributed by atoms with Gasteiger partial charge in [-0.15, -0.1) is 0 Å². The Morgan fingerprint density at radius 1 is 1.56 bits per heavy atom. The molecule has 1 aromatic heterocycles. The molecule has 5 nitrogen and oxygen atoms in total. The number of aromatic nitrogens is 2. The zero-order valence-corrected chi connectivity index (χ0v) is 9.51. The first-order valence-electron chi connectivity index (χ1n) is 5.29. The van der Waals surface area contributed by atoms with Crippen molar-refractivity contribution < 1.29 is 9.90 Å². The number of carbonyl (C=O) groups is 1. The molecule has 0 saturated heterocycles. The fourth-order valence-corrected chi connectivity index (χ4v) is 1.44. The smallest absolute Gasteiger partial charge is 0.303 e. The van der Waals surface area contributed by atoms with Crippen LogP contribution in [-0.4, -0.2) is 20.6 Å². The van der Waals surface area contributed by atoms with Gasteiger partial charge in [0.25, 0.3) is 5.56 Å². The summed E-state index contributed by atoms with van der Waals surface area (Å²) in [5.41, 5.74) is 0.507. The van der Waals surface area contributed by atoms with Crippen molar-refractivity contribution in [1.29, 1.82) is 0 Å². The molecule has 0 saturated carbocycles. The Morgan fingerprint density at radius 3 is 2.81 bits per heavy atom. The summed E-state index contributed by atoms with van der Waals surface area (Å²) in [5.74, 6) is -0.840. The van der Waals surface area contributed by atoms with Crippen LogP contribution in [0.25, 0.3) is 0 Å². The maximum Gasteiger partial charge on any atom is 0.303 e. The lowest BCUT2D eigenvalue weighted by Crippen LogP contribution is -2.25. The van der Waals surface area contributed by atoms with Crippen LogP contribution in [0.2, 0.25) is 0 Å². The molecule has 0 aliphatic rings. The molecule has 0 radical (unpaired) electrons. The molecule has 1 heterocycles. The molecule has 5 heteroatoms. The molecule has 0 spiro atoms. The summed E-state index contributed by atoms with van der Waals surface area (Å²) in [4.78, 5) is 26.2. The van der Waals surface area contributed by atoms with E-state index in [4.69, 9.17) is 5.11 Å². The monoisotopic (exact) mass is 224 g/mol. The predicted octanol–water partition coefficient (Wildman–Crippen LogP) is 1.23. The van der Waals surface area contributed by atoms with Crippen LogP contribution in [0.5, 0.6) is 0 Å². The Morgan fingerprint density at radius 2 is 2.25 bits per heavy atom. The van der Waals surface area contributed by atoms with E-state index in [1.165, 1.54) is 12.5 Å². The van der Waals surface area contributed by atoms with Crippen LogP contribution < -0.4 is 5.56 Å². The van der Waals surface area contributed by atoms with E-state index in [1.807, 2.05) is 13.8 Å². The highest BCUT2D eigenvalue weighted by molar-refractivity contribution is 5.66. The molecule has 0 aliphatic carbocycles. The number of carboxylic acids is 1. The molecule has 0 atom stereocenters. The van der Waals surface area contributed by atoms with Crippen LogP contribution in [-0.2, 0) is 11.2 Å². The summed E-state index contributed by atoms with van der Waals surface area (Å²) >= 11 is 0. The molecule has 1 aromatic rings. The molecular weight excluding hydrogens is 208 g/mol. The van der Waals surface area contributed by atoms with Crippen LogP contribution >= 0.6 is 0 Å². The Bertz CT molecular complexity index is 423. The van der Waals surface area contributed by atoms with Gasteiger partial charge in [0.2, 0.25) is 0 Å². The number of nitrogens with zero attached hydrogens (tertiary/aromatic N) is 2. The van der Waals surface area contributed by atoms with Gasteiger partial charge >= 0.3 is 5.97 Å². The molecule has 0 aliphatic heterocycles. The Hall–Kier alpha value is -1.65. The normalized spacial score (nSPS) is 10.7. The van der Waals surface area contributed by atoms with Gasteiger partial charge in [-0.05, 0) is 26.7 Å². The van der Waals surface area contributed by atoms with Gasteiger partial charge in [0.05, 0.1) is 6.33 Å². The molecule has 1 N–H and O–H groups in total. The van der Waals surface area contributed by atoms with E-state index >= 15 is 0 Å². The number of rotatable bonds is 5. The molecule has 0 bridgehead atoms. The third-order valence-electron chi connectivity index (χ3n) is 2.32. The van der Waals surface area contributed by atoms with Crippen molar-refractivity contribution >= 4 is 5.97 Å². The van der Waals surface area contributed by atoms with Crippen LogP contribution in [0.4, 0.5) is 0 Å². The average molecular weight is 224 g/mol. The van der Waals surface area contributed by atoms with Gasteiger partial charge in [-0.25, -0.2) is 4.98 Å². The van der Waals surface area contributed by atoms with Crippen molar-refractivity contribution in [3.05, 3.63) is 28.4 Å². The maximum atomic E-state index is 11.9. The summed E-state index contributed by atoms with van der Waals surface area (Å²) < 4.78 is 1.55. The lowest BCUT2D eigenvalue weighted by Gasteiger charge is -2.09. The number of hydrogen-bond acceptors (Lipinski definition) is 3. The summed E-state index contributed by atoms with van der Waals surface area (Å²) in [7, 11) is 0. The van der Waals surface area contributed by atoms with Crippen LogP contribution in [0, 0.1) is 0 Å². The van der Waals surface area contributed by atoms with Crippen molar-refractivity contribution in [2.75, 3.05) is 0 Å². The Labute approximate surface area is 93.8 Å². The molecular formula is C11H16N2O3. The third-order valence-corrected chi connectivity index (χ3v) is 2.32. The average Bonchev–Trinajstić information content (AvgIpc) is 2.19.